The number of nitrogens with zero attached hydrogens (tertiary/aromatic N) is 2. The largest absolute Gasteiger partial charge is 0.308 e. The summed E-state index contributed by atoms with van der Waals surface area (Å²) < 4.78 is 14.7. The molecule has 0 spiro atoms. The summed E-state index contributed by atoms with van der Waals surface area (Å²) in [7, 11) is 0. The Balaban J connectivity index is 0.00000162. The molecule has 0 fully saturated rings. The highest BCUT2D eigenvalue weighted by Gasteiger charge is 2.05. The number of halogens is 2. The van der Waals surface area contributed by atoms with Crippen LogP contribution in [0.4, 0.5) is 4.39 Å². The monoisotopic (exact) mass is 289 g/mol. The molecule has 1 N–H and O–H groups in total. The van der Waals surface area contributed by atoms with Crippen molar-refractivity contribution in [3.8, 4) is 0 Å². The van der Waals surface area contributed by atoms with Crippen LogP contribution in [0.25, 0.3) is 0 Å². The van der Waals surface area contributed by atoms with Crippen LogP contribution in [0.1, 0.15) is 23.1 Å². The van der Waals surface area contributed by atoms with E-state index in [9.17, 15) is 4.39 Å². The van der Waals surface area contributed by atoms with E-state index in [1.165, 1.54) is 28.7 Å². The van der Waals surface area contributed by atoms with E-state index < -0.39 is 0 Å². The van der Waals surface area contributed by atoms with Gasteiger partial charge in [0.25, 0.3) is 0 Å². The lowest BCUT2D eigenvalue weighted by Gasteiger charge is -2.03. The lowest BCUT2D eigenvalue weighted by molar-refractivity contribution is 0.634. The molecule has 0 radical (unpaired) electrons. The van der Waals surface area contributed by atoms with Gasteiger partial charge >= 0.3 is 0 Å². The third-order valence-electron chi connectivity index (χ3n) is 2.75. The average Bonchev–Trinajstić information content (AvgIpc) is 2.87. The van der Waals surface area contributed by atoms with Crippen molar-refractivity contribution in [2.24, 2.45) is 0 Å². The Morgan fingerprint density at radius 3 is 2.72 bits per heavy atom. The molecular weight excluding hydrogens is 273 g/mol. The van der Waals surface area contributed by atoms with Crippen molar-refractivity contribution in [1.29, 1.82) is 0 Å². The number of aryl methyl sites for hydroxylation is 1. The van der Waals surface area contributed by atoms with Crippen molar-refractivity contribution in [2.45, 2.75) is 33.5 Å². The molecule has 2 rings (SSSR count). The molecule has 18 heavy (non-hydrogen) atoms. The van der Waals surface area contributed by atoms with E-state index in [0.29, 0.717) is 6.54 Å². The second-order valence-electron chi connectivity index (χ2n) is 3.88. The van der Waals surface area contributed by atoms with Crippen LogP contribution >= 0.6 is 23.7 Å². The molecule has 0 unspecified atom stereocenters. The average molecular weight is 290 g/mol. The Kier molecular flexibility index (Phi) is 5.78. The molecule has 0 amide bonds. The van der Waals surface area contributed by atoms with Gasteiger partial charge in [0.2, 0.25) is 0 Å². The summed E-state index contributed by atoms with van der Waals surface area (Å²) in [6.45, 7) is 6.50. The van der Waals surface area contributed by atoms with Crippen LogP contribution in [0.15, 0.2) is 18.3 Å². The molecule has 2 heterocycles. The summed E-state index contributed by atoms with van der Waals surface area (Å²) in [4.78, 5) is 1.02. The smallest absolute Gasteiger partial charge is 0.176 e. The normalized spacial score (nSPS) is 10.4. The molecule has 3 nitrogen and oxygen atoms in total. The molecule has 0 saturated heterocycles. The van der Waals surface area contributed by atoms with Gasteiger partial charge in [0, 0.05) is 35.8 Å². The standard InChI is InChI=1S/C12H16FN3S.ClH/c1-3-16-9(2)10(7-15-16)6-14-8-11-4-5-12(13)17-11;/h4-5,7,14H,3,6,8H2,1-2H3;1H. The van der Waals surface area contributed by atoms with Crippen LogP contribution < -0.4 is 5.32 Å². The predicted molar refractivity (Wildman–Crippen MR) is 74.7 cm³/mol. The zero-order valence-corrected chi connectivity index (χ0v) is 12.1. The zero-order valence-electron chi connectivity index (χ0n) is 10.4. The van der Waals surface area contributed by atoms with E-state index in [1.54, 1.807) is 0 Å². The fraction of sp³-hybridized carbons (Fsp3) is 0.417. The number of hydrogen-bond donors (Lipinski definition) is 1. The van der Waals surface area contributed by atoms with Gasteiger partial charge in [-0.25, -0.2) is 0 Å². The van der Waals surface area contributed by atoms with Crippen LogP contribution in [-0.4, -0.2) is 9.78 Å². The maximum Gasteiger partial charge on any atom is 0.176 e. The maximum atomic E-state index is 12.8. The van der Waals surface area contributed by atoms with E-state index in [0.717, 1.165) is 18.0 Å². The molecule has 0 aliphatic rings. The quantitative estimate of drug-likeness (QED) is 0.916. The van der Waals surface area contributed by atoms with Gasteiger partial charge in [-0.2, -0.15) is 9.49 Å². The van der Waals surface area contributed by atoms with Crippen LogP contribution in [0.3, 0.4) is 0 Å². The molecule has 0 aliphatic carbocycles. The minimum absolute atomic E-state index is 0. The van der Waals surface area contributed by atoms with Crippen molar-refractivity contribution >= 4 is 23.7 Å². The van der Waals surface area contributed by atoms with E-state index in [4.69, 9.17) is 0 Å². The molecule has 2 aromatic rings. The van der Waals surface area contributed by atoms with E-state index in [2.05, 4.69) is 24.3 Å². The number of aromatic nitrogens is 2. The highest BCUT2D eigenvalue weighted by atomic mass is 35.5. The molecular formula is C12H17ClFN3S. The SMILES string of the molecule is CCn1ncc(CNCc2ccc(F)s2)c1C.Cl. The summed E-state index contributed by atoms with van der Waals surface area (Å²) in [6, 6.07) is 3.32. The second-order valence-corrected chi connectivity index (χ2v) is 5.00. The highest BCUT2D eigenvalue weighted by Crippen LogP contribution is 2.14. The summed E-state index contributed by atoms with van der Waals surface area (Å²) in [5, 5.41) is 7.46. The first-order chi connectivity index (χ1) is 8.20. The van der Waals surface area contributed by atoms with Gasteiger partial charge in [-0.3, -0.25) is 4.68 Å². The third kappa shape index (κ3) is 3.54. The summed E-state index contributed by atoms with van der Waals surface area (Å²) in [5.74, 6) is 0. The molecule has 0 saturated carbocycles. The Labute approximate surface area is 116 Å². The molecule has 0 bridgehead atoms. The third-order valence-corrected chi connectivity index (χ3v) is 3.62. The van der Waals surface area contributed by atoms with E-state index in [-0.39, 0.29) is 17.5 Å². The topological polar surface area (TPSA) is 29.9 Å². The number of hydrogen-bond acceptors (Lipinski definition) is 3. The van der Waals surface area contributed by atoms with Crippen molar-refractivity contribution < 1.29 is 4.39 Å². The van der Waals surface area contributed by atoms with Crippen molar-refractivity contribution in [1.82, 2.24) is 15.1 Å². The first-order valence-electron chi connectivity index (χ1n) is 5.67. The molecule has 100 valence electrons. The lowest BCUT2D eigenvalue weighted by Crippen LogP contribution is -2.12. The van der Waals surface area contributed by atoms with Gasteiger partial charge in [0.05, 0.1) is 6.20 Å². The van der Waals surface area contributed by atoms with Gasteiger partial charge in [-0.15, -0.1) is 23.7 Å². The Morgan fingerprint density at radius 1 is 1.39 bits per heavy atom. The van der Waals surface area contributed by atoms with Crippen molar-refractivity contribution in [3.05, 3.63) is 39.6 Å². The lowest BCUT2D eigenvalue weighted by atomic mass is 10.2. The molecule has 0 aromatic carbocycles. The minimum atomic E-state index is -0.128. The number of thiophene rings is 1. The Morgan fingerprint density at radius 2 is 2.17 bits per heavy atom. The molecule has 0 atom stereocenters. The van der Waals surface area contributed by atoms with E-state index >= 15 is 0 Å². The van der Waals surface area contributed by atoms with Crippen LogP contribution in [0.5, 0.6) is 0 Å². The van der Waals surface area contributed by atoms with E-state index in [1.807, 2.05) is 16.9 Å². The molecule has 0 aliphatic heterocycles. The van der Waals surface area contributed by atoms with Gasteiger partial charge in [-0.05, 0) is 26.0 Å². The number of nitrogens with one attached hydrogen (secondary N) is 1. The Hall–Kier alpha value is -0.910. The van der Waals surface area contributed by atoms with Gasteiger partial charge in [0.1, 0.15) is 0 Å². The predicted octanol–water partition coefficient (Wildman–Crippen LogP) is 3.12. The Bertz CT molecular complexity index is 495. The maximum absolute atomic E-state index is 12.8. The molecule has 2 aromatic heterocycles. The van der Waals surface area contributed by atoms with Crippen molar-refractivity contribution in [2.75, 3.05) is 0 Å². The fourth-order valence-corrected chi connectivity index (χ4v) is 2.44. The summed E-state index contributed by atoms with van der Waals surface area (Å²) >= 11 is 1.19. The highest BCUT2D eigenvalue weighted by molar-refractivity contribution is 7.10. The first kappa shape index (κ1) is 15.1. The first-order valence-corrected chi connectivity index (χ1v) is 6.48. The van der Waals surface area contributed by atoms with Crippen LogP contribution in [0, 0.1) is 12.1 Å². The zero-order chi connectivity index (χ0) is 12.3. The van der Waals surface area contributed by atoms with Gasteiger partial charge in [0.15, 0.2) is 5.13 Å². The fourth-order valence-electron chi connectivity index (χ4n) is 1.74. The minimum Gasteiger partial charge on any atom is -0.308 e. The van der Waals surface area contributed by atoms with Gasteiger partial charge in [-0.1, -0.05) is 0 Å². The van der Waals surface area contributed by atoms with Crippen molar-refractivity contribution in [3.63, 3.8) is 0 Å². The van der Waals surface area contributed by atoms with Crippen LogP contribution in [0.2, 0.25) is 0 Å². The van der Waals surface area contributed by atoms with Crippen LogP contribution in [-0.2, 0) is 19.6 Å². The summed E-state index contributed by atoms with van der Waals surface area (Å²) in [6.07, 6.45) is 1.89. The second kappa shape index (κ2) is 6.87. The molecule has 6 heteroatoms. The number of rotatable bonds is 5. The van der Waals surface area contributed by atoms with Gasteiger partial charge < -0.3 is 5.32 Å². The summed E-state index contributed by atoms with van der Waals surface area (Å²) in [5.41, 5.74) is 2.39.